The second-order valence-electron chi connectivity index (χ2n) is 5.18. The molecule has 3 N–H and O–H groups in total. The summed E-state index contributed by atoms with van der Waals surface area (Å²) in [5.74, 6) is 0.684. The molecule has 1 unspecified atom stereocenters. The number of hydrogen-bond donors (Lipinski definition) is 2. The van der Waals surface area contributed by atoms with Crippen molar-refractivity contribution >= 4 is 23.4 Å². The summed E-state index contributed by atoms with van der Waals surface area (Å²) >= 11 is 5.96. The van der Waals surface area contributed by atoms with Gasteiger partial charge in [-0.05, 0) is 24.6 Å². The molecule has 116 valence electrons. The van der Waals surface area contributed by atoms with E-state index in [2.05, 4.69) is 39.3 Å². The third-order valence-corrected chi connectivity index (χ3v) is 3.56. The van der Waals surface area contributed by atoms with Crippen LogP contribution < -0.4 is 11.1 Å². The normalized spacial score (nSPS) is 11.9. The van der Waals surface area contributed by atoms with Gasteiger partial charge in [0.1, 0.15) is 11.0 Å². The first-order valence-electron chi connectivity index (χ1n) is 7.16. The third-order valence-electron chi connectivity index (χ3n) is 3.36. The minimum atomic E-state index is -0.165. The average molecular weight is 326 g/mol. The molecule has 0 aliphatic heterocycles. The lowest BCUT2D eigenvalue weighted by Crippen LogP contribution is -2.15. The first-order chi connectivity index (χ1) is 11.1. The summed E-state index contributed by atoms with van der Waals surface area (Å²) in [6.45, 7) is 2.05. The molecule has 2 heterocycles. The number of aryl methyl sites for hydroxylation is 1. The number of halogens is 1. The number of nitrogen functional groups attached to an aromatic ring is 1. The Kier molecular flexibility index (Phi) is 4.39. The second kappa shape index (κ2) is 6.62. The van der Waals surface area contributed by atoms with E-state index in [-0.39, 0.29) is 12.0 Å². The zero-order chi connectivity index (χ0) is 16.2. The van der Waals surface area contributed by atoms with E-state index >= 15 is 0 Å². The Bertz CT molecular complexity index is 787. The predicted octanol–water partition coefficient (Wildman–Crippen LogP) is 3.62. The van der Waals surface area contributed by atoms with Crippen LogP contribution in [0.1, 0.15) is 22.9 Å². The van der Waals surface area contributed by atoms with Crippen LogP contribution >= 0.6 is 11.6 Å². The molecule has 23 heavy (non-hydrogen) atoms. The minimum absolute atomic E-state index is 0.129. The highest BCUT2D eigenvalue weighted by Crippen LogP contribution is 2.26. The Morgan fingerprint density at radius 3 is 2.65 bits per heavy atom. The van der Waals surface area contributed by atoms with Crippen LogP contribution in [0.4, 0.5) is 11.8 Å². The van der Waals surface area contributed by atoms with E-state index in [4.69, 9.17) is 17.3 Å². The number of nitrogens with two attached hydrogens (primary N) is 1. The van der Waals surface area contributed by atoms with Gasteiger partial charge in [-0.25, -0.2) is 4.98 Å². The first kappa shape index (κ1) is 15.2. The summed E-state index contributed by atoms with van der Waals surface area (Å²) in [5.41, 5.74) is 8.81. The molecule has 6 heteroatoms. The van der Waals surface area contributed by atoms with Crippen molar-refractivity contribution in [2.45, 2.75) is 13.0 Å². The number of rotatable bonds is 4. The lowest BCUT2D eigenvalue weighted by Gasteiger charge is -2.20. The molecular formula is C17H16ClN5. The largest absolute Gasteiger partial charge is 0.368 e. The lowest BCUT2D eigenvalue weighted by atomic mass is 10.0. The van der Waals surface area contributed by atoms with E-state index in [9.17, 15) is 0 Å². The fourth-order valence-electron chi connectivity index (χ4n) is 2.38. The summed E-state index contributed by atoms with van der Waals surface area (Å²) in [7, 11) is 0. The Balaban J connectivity index is 2.02. The van der Waals surface area contributed by atoms with Crippen LogP contribution in [0, 0.1) is 6.92 Å². The van der Waals surface area contributed by atoms with Gasteiger partial charge < -0.3 is 11.1 Å². The van der Waals surface area contributed by atoms with Crippen LogP contribution in [-0.4, -0.2) is 15.0 Å². The molecule has 1 atom stereocenters. The van der Waals surface area contributed by atoms with Gasteiger partial charge in [0.25, 0.3) is 0 Å². The summed E-state index contributed by atoms with van der Waals surface area (Å²) in [6, 6.07) is 15.5. The van der Waals surface area contributed by atoms with Crippen molar-refractivity contribution in [3.05, 3.63) is 76.7 Å². The fourth-order valence-corrected chi connectivity index (χ4v) is 2.57. The van der Waals surface area contributed by atoms with Crippen molar-refractivity contribution in [2.24, 2.45) is 0 Å². The Labute approximate surface area is 139 Å². The zero-order valence-corrected chi connectivity index (χ0v) is 13.3. The molecule has 1 aromatic carbocycles. The fraction of sp³-hybridized carbons (Fsp3) is 0.118. The van der Waals surface area contributed by atoms with Crippen molar-refractivity contribution in [2.75, 3.05) is 11.1 Å². The van der Waals surface area contributed by atoms with E-state index < -0.39 is 0 Å². The highest BCUT2D eigenvalue weighted by molar-refractivity contribution is 6.29. The van der Waals surface area contributed by atoms with E-state index in [0.717, 1.165) is 11.3 Å². The zero-order valence-electron chi connectivity index (χ0n) is 12.6. The summed E-state index contributed by atoms with van der Waals surface area (Å²) < 4.78 is 0. The van der Waals surface area contributed by atoms with Gasteiger partial charge in [0, 0.05) is 12.3 Å². The van der Waals surface area contributed by atoms with Gasteiger partial charge >= 0.3 is 0 Å². The van der Waals surface area contributed by atoms with E-state index in [0.29, 0.717) is 11.0 Å². The molecule has 0 saturated heterocycles. The minimum Gasteiger partial charge on any atom is -0.368 e. The van der Waals surface area contributed by atoms with E-state index in [1.807, 2.05) is 30.3 Å². The third kappa shape index (κ3) is 3.76. The summed E-state index contributed by atoms with van der Waals surface area (Å²) in [6.07, 6.45) is 1.77. The number of benzene rings is 1. The van der Waals surface area contributed by atoms with Gasteiger partial charge in [-0.15, -0.1) is 0 Å². The number of pyridine rings is 1. The molecule has 2 aromatic heterocycles. The SMILES string of the molecule is Cc1cccc(C(Nc2cc(Cl)nc(N)n2)c2ccccn2)c1. The molecule has 3 rings (SSSR count). The molecule has 5 nitrogen and oxygen atoms in total. The first-order valence-corrected chi connectivity index (χ1v) is 7.54. The molecule has 0 aliphatic rings. The highest BCUT2D eigenvalue weighted by Gasteiger charge is 2.16. The van der Waals surface area contributed by atoms with E-state index in [1.54, 1.807) is 12.3 Å². The number of aromatic nitrogens is 3. The average Bonchev–Trinajstić information content (AvgIpc) is 2.52. The van der Waals surface area contributed by atoms with Crippen LogP contribution in [0.25, 0.3) is 0 Å². The van der Waals surface area contributed by atoms with Crippen LogP contribution in [0.15, 0.2) is 54.7 Å². The summed E-state index contributed by atoms with van der Waals surface area (Å²) in [5, 5.41) is 3.64. The maximum atomic E-state index is 5.96. The van der Waals surface area contributed by atoms with Gasteiger partial charge in [-0.3, -0.25) is 4.98 Å². The van der Waals surface area contributed by atoms with Crippen LogP contribution in [0.5, 0.6) is 0 Å². The molecule has 0 aliphatic carbocycles. The molecule has 0 radical (unpaired) electrons. The molecule has 0 bridgehead atoms. The topological polar surface area (TPSA) is 76.7 Å². The van der Waals surface area contributed by atoms with Gasteiger partial charge in [0.05, 0.1) is 11.7 Å². The van der Waals surface area contributed by atoms with Crippen molar-refractivity contribution in [1.29, 1.82) is 0 Å². The van der Waals surface area contributed by atoms with Crippen LogP contribution in [0.3, 0.4) is 0 Å². The standard InChI is InChI=1S/C17H16ClN5/c1-11-5-4-6-12(9-11)16(13-7-2-3-8-20-13)22-15-10-14(18)21-17(19)23-15/h2-10,16H,1H3,(H3,19,21,22,23). The van der Waals surface area contributed by atoms with Gasteiger partial charge in [-0.1, -0.05) is 47.5 Å². The molecule has 0 saturated carbocycles. The maximum absolute atomic E-state index is 5.96. The maximum Gasteiger partial charge on any atom is 0.223 e. The molecular weight excluding hydrogens is 310 g/mol. The van der Waals surface area contributed by atoms with Crippen molar-refractivity contribution in [1.82, 2.24) is 15.0 Å². The van der Waals surface area contributed by atoms with Crippen molar-refractivity contribution in [3.8, 4) is 0 Å². The molecule has 3 aromatic rings. The number of hydrogen-bond acceptors (Lipinski definition) is 5. The smallest absolute Gasteiger partial charge is 0.223 e. The quantitative estimate of drug-likeness (QED) is 0.716. The van der Waals surface area contributed by atoms with Crippen molar-refractivity contribution in [3.63, 3.8) is 0 Å². The molecule has 0 amide bonds. The van der Waals surface area contributed by atoms with Crippen molar-refractivity contribution < 1.29 is 0 Å². The number of nitrogens with one attached hydrogen (secondary N) is 1. The highest BCUT2D eigenvalue weighted by atomic mass is 35.5. The number of anilines is 2. The molecule has 0 spiro atoms. The monoisotopic (exact) mass is 325 g/mol. The van der Waals surface area contributed by atoms with Crippen LogP contribution in [0.2, 0.25) is 5.15 Å². The molecule has 0 fully saturated rings. The van der Waals surface area contributed by atoms with Gasteiger partial charge in [0.2, 0.25) is 5.95 Å². The Hall–Kier alpha value is -2.66. The van der Waals surface area contributed by atoms with Crippen LogP contribution in [-0.2, 0) is 0 Å². The van der Waals surface area contributed by atoms with E-state index in [1.165, 1.54) is 5.56 Å². The van der Waals surface area contributed by atoms with Gasteiger partial charge in [-0.2, -0.15) is 4.98 Å². The Morgan fingerprint density at radius 2 is 1.96 bits per heavy atom. The van der Waals surface area contributed by atoms with Gasteiger partial charge in [0.15, 0.2) is 0 Å². The number of nitrogens with zero attached hydrogens (tertiary/aromatic N) is 3. The Morgan fingerprint density at radius 1 is 1.09 bits per heavy atom. The predicted molar refractivity (Wildman–Crippen MR) is 92.3 cm³/mol. The summed E-state index contributed by atoms with van der Waals surface area (Å²) in [4.78, 5) is 12.5. The second-order valence-corrected chi connectivity index (χ2v) is 5.57. The lowest BCUT2D eigenvalue weighted by molar-refractivity contribution is 0.875.